The molecule has 2 rings (SSSR count). The Morgan fingerprint density at radius 3 is 3.05 bits per heavy atom. The molecule has 1 aromatic rings. The maximum atomic E-state index is 12.1. The number of aromatic nitrogens is 2. The second-order valence-corrected chi connectivity index (χ2v) is 5.14. The molecule has 2 heterocycles. The van der Waals surface area contributed by atoms with Crippen LogP contribution in [0.5, 0.6) is 0 Å². The molecule has 112 valence electrons. The van der Waals surface area contributed by atoms with Crippen LogP contribution >= 0.6 is 0 Å². The van der Waals surface area contributed by atoms with E-state index in [0.717, 1.165) is 44.0 Å². The highest BCUT2D eigenvalue weighted by atomic mass is 16.2. The standard InChI is InChI=1S/C14H25N5O/c1-3-19(4-2)7-5-6-15-14(20)12-8-11-13(9-16-12)18-10-17-11/h10,12,16H,3-9H2,1-2H3,(H,15,20)(H,17,18). The van der Waals surface area contributed by atoms with Gasteiger partial charge in [-0.15, -0.1) is 0 Å². The number of hydrogen-bond donors (Lipinski definition) is 3. The molecule has 1 unspecified atom stereocenters. The highest BCUT2D eigenvalue weighted by molar-refractivity contribution is 5.82. The molecule has 0 radical (unpaired) electrons. The number of nitrogens with zero attached hydrogens (tertiary/aromatic N) is 2. The normalized spacial score (nSPS) is 18.1. The largest absolute Gasteiger partial charge is 0.355 e. The summed E-state index contributed by atoms with van der Waals surface area (Å²) in [5.41, 5.74) is 2.10. The van der Waals surface area contributed by atoms with Crippen molar-refractivity contribution < 1.29 is 4.79 Å². The molecule has 6 nitrogen and oxygen atoms in total. The van der Waals surface area contributed by atoms with Crippen LogP contribution in [0.4, 0.5) is 0 Å². The van der Waals surface area contributed by atoms with Crippen LogP contribution in [-0.4, -0.2) is 53.0 Å². The molecule has 0 saturated carbocycles. The van der Waals surface area contributed by atoms with E-state index in [1.165, 1.54) is 0 Å². The molecule has 1 aromatic heterocycles. The molecule has 1 amide bonds. The molecule has 6 heteroatoms. The molecular weight excluding hydrogens is 254 g/mol. The van der Waals surface area contributed by atoms with Gasteiger partial charge in [0.2, 0.25) is 5.91 Å². The van der Waals surface area contributed by atoms with E-state index in [1.54, 1.807) is 6.33 Å². The van der Waals surface area contributed by atoms with Crippen molar-refractivity contribution >= 4 is 5.91 Å². The summed E-state index contributed by atoms with van der Waals surface area (Å²) in [7, 11) is 0. The van der Waals surface area contributed by atoms with Gasteiger partial charge in [-0.25, -0.2) is 4.98 Å². The van der Waals surface area contributed by atoms with E-state index in [-0.39, 0.29) is 11.9 Å². The molecule has 1 aliphatic heterocycles. The van der Waals surface area contributed by atoms with Crippen LogP contribution in [0.25, 0.3) is 0 Å². The van der Waals surface area contributed by atoms with Gasteiger partial charge in [-0.3, -0.25) is 10.1 Å². The fraction of sp³-hybridized carbons (Fsp3) is 0.714. The summed E-state index contributed by atoms with van der Waals surface area (Å²) in [4.78, 5) is 21.8. The minimum Gasteiger partial charge on any atom is -0.355 e. The van der Waals surface area contributed by atoms with E-state index in [1.807, 2.05) is 0 Å². The first kappa shape index (κ1) is 15.0. The van der Waals surface area contributed by atoms with Crippen LogP contribution < -0.4 is 10.6 Å². The van der Waals surface area contributed by atoms with Crippen molar-refractivity contribution in [2.75, 3.05) is 26.2 Å². The number of carbonyl (C=O) groups excluding carboxylic acids is 1. The summed E-state index contributed by atoms with van der Waals surface area (Å²) in [6.45, 7) is 8.92. The lowest BCUT2D eigenvalue weighted by molar-refractivity contribution is -0.123. The second-order valence-electron chi connectivity index (χ2n) is 5.14. The molecule has 1 atom stereocenters. The summed E-state index contributed by atoms with van der Waals surface area (Å²) in [6.07, 6.45) is 3.35. The third kappa shape index (κ3) is 3.80. The second kappa shape index (κ2) is 7.40. The van der Waals surface area contributed by atoms with Gasteiger partial charge in [-0.05, 0) is 26.1 Å². The van der Waals surface area contributed by atoms with Crippen molar-refractivity contribution in [1.82, 2.24) is 25.5 Å². The van der Waals surface area contributed by atoms with Crippen LogP contribution in [0.3, 0.4) is 0 Å². The summed E-state index contributed by atoms with van der Waals surface area (Å²) >= 11 is 0. The summed E-state index contributed by atoms with van der Waals surface area (Å²) in [6, 6.07) is -0.153. The molecule has 20 heavy (non-hydrogen) atoms. The molecule has 0 bridgehead atoms. The first-order chi connectivity index (χ1) is 9.74. The number of hydrogen-bond acceptors (Lipinski definition) is 4. The van der Waals surface area contributed by atoms with E-state index in [4.69, 9.17) is 0 Å². The van der Waals surface area contributed by atoms with E-state index < -0.39 is 0 Å². The Morgan fingerprint density at radius 2 is 2.30 bits per heavy atom. The third-order valence-corrected chi connectivity index (χ3v) is 3.89. The van der Waals surface area contributed by atoms with E-state index in [0.29, 0.717) is 13.0 Å². The first-order valence-electron chi connectivity index (χ1n) is 7.49. The van der Waals surface area contributed by atoms with Gasteiger partial charge in [0.1, 0.15) is 0 Å². The zero-order chi connectivity index (χ0) is 14.4. The monoisotopic (exact) mass is 279 g/mol. The highest BCUT2D eigenvalue weighted by Gasteiger charge is 2.25. The van der Waals surface area contributed by atoms with Crippen LogP contribution in [0.1, 0.15) is 31.7 Å². The number of aromatic amines is 1. The number of fused-ring (bicyclic) bond motifs is 1. The van der Waals surface area contributed by atoms with Gasteiger partial charge < -0.3 is 15.2 Å². The summed E-state index contributed by atoms with van der Waals surface area (Å²) in [5.74, 6) is 0.0817. The van der Waals surface area contributed by atoms with Crippen molar-refractivity contribution in [2.24, 2.45) is 0 Å². The molecule has 1 aliphatic rings. The van der Waals surface area contributed by atoms with Gasteiger partial charge in [0.15, 0.2) is 0 Å². The summed E-state index contributed by atoms with van der Waals surface area (Å²) in [5, 5.41) is 6.25. The Balaban J connectivity index is 1.68. The Bertz CT molecular complexity index is 427. The van der Waals surface area contributed by atoms with Crippen LogP contribution in [-0.2, 0) is 17.8 Å². The summed E-state index contributed by atoms with van der Waals surface area (Å²) < 4.78 is 0. The number of amides is 1. The maximum absolute atomic E-state index is 12.1. The van der Waals surface area contributed by atoms with Crippen molar-refractivity contribution in [3.8, 4) is 0 Å². The van der Waals surface area contributed by atoms with Crippen LogP contribution in [0, 0.1) is 0 Å². The van der Waals surface area contributed by atoms with Crippen molar-refractivity contribution in [3.63, 3.8) is 0 Å². The van der Waals surface area contributed by atoms with Crippen molar-refractivity contribution in [3.05, 3.63) is 17.7 Å². The highest BCUT2D eigenvalue weighted by Crippen LogP contribution is 2.11. The number of rotatable bonds is 7. The number of carbonyl (C=O) groups is 1. The minimum absolute atomic E-state index is 0.0817. The van der Waals surface area contributed by atoms with E-state index in [9.17, 15) is 4.79 Å². The van der Waals surface area contributed by atoms with Crippen LogP contribution in [0.15, 0.2) is 6.33 Å². The molecule has 0 spiro atoms. The fourth-order valence-corrected chi connectivity index (χ4v) is 2.53. The number of H-pyrrole nitrogens is 1. The lowest BCUT2D eigenvalue weighted by Crippen LogP contribution is -2.48. The quantitative estimate of drug-likeness (QED) is 0.627. The fourth-order valence-electron chi connectivity index (χ4n) is 2.53. The smallest absolute Gasteiger partial charge is 0.237 e. The topological polar surface area (TPSA) is 73.0 Å². The minimum atomic E-state index is -0.153. The van der Waals surface area contributed by atoms with Gasteiger partial charge in [0.05, 0.1) is 23.8 Å². The van der Waals surface area contributed by atoms with Gasteiger partial charge >= 0.3 is 0 Å². The Hall–Kier alpha value is -1.40. The van der Waals surface area contributed by atoms with Crippen LogP contribution in [0.2, 0.25) is 0 Å². The predicted molar refractivity (Wildman–Crippen MR) is 78.3 cm³/mol. The van der Waals surface area contributed by atoms with Gasteiger partial charge in [-0.2, -0.15) is 0 Å². The van der Waals surface area contributed by atoms with E-state index >= 15 is 0 Å². The van der Waals surface area contributed by atoms with Gasteiger partial charge in [0, 0.05) is 19.5 Å². The third-order valence-electron chi connectivity index (χ3n) is 3.89. The molecule has 3 N–H and O–H groups in total. The molecular formula is C14H25N5O. The Labute approximate surface area is 120 Å². The molecule has 0 fully saturated rings. The lowest BCUT2D eigenvalue weighted by atomic mass is 10.0. The Kier molecular flexibility index (Phi) is 5.55. The van der Waals surface area contributed by atoms with Crippen molar-refractivity contribution in [2.45, 2.75) is 39.3 Å². The molecule has 0 aliphatic carbocycles. The van der Waals surface area contributed by atoms with Gasteiger partial charge in [-0.1, -0.05) is 13.8 Å². The molecule has 0 saturated heterocycles. The average Bonchev–Trinajstić information content (AvgIpc) is 2.94. The molecule has 0 aromatic carbocycles. The number of imidazole rings is 1. The zero-order valence-electron chi connectivity index (χ0n) is 12.4. The Morgan fingerprint density at radius 1 is 1.50 bits per heavy atom. The number of nitrogens with one attached hydrogen (secondary N) is 3. The average molecular weight is 279 g/mol. The SMILES string of the molecule is CCN(CC)CCCNC(=O)C1Cc2nc[nH]c2CN1. The zero-order valence-corrected chi connectivity index (χ0v) is 12.4. The lowest BCUT2D eigenvalue weighted by Gasteiger charge is -2.23. The predicted octanol–water partition coefficient (Wildman–Crippen LogP) is 0.272. The van der Waals surface area contributed by atoms with Crippen molar-refractivity contribution in [1.29, 1.82) is 0 Å². The first-order valence-corrected chi connectivity index (χ1v) is 7.49. The van der Waals surface area contributed by atoms with Gasteiger partial charge in [0.25, 0.3) is 0 Å². The maximum Gasteiger partial charge on any atom is 0.237 e. The van der Waals surface area contributed by atoms with E-state index in [2.05, 4.69) is 39.3 Å².